The molecule has 0 saturated carbocycles. The lowest BCUT2D eigenvalue weighted by molar-refractivity contribution is 0.584. The third-order valence-corrected chi connectivity index (χ3v) is 5.50. The zero-order valence-electron chi connectivity index (χ0n) is 17.8. The largest absolute Gasteiger partial charge is 0.297 e. The summed E-state index contributed by atoms with van der Waals surface area (Å²) in [7, 11) is 0. The maximum atomic E-state index is 14.7. The van der Waals surface area contributed by atoms with E-state index in [1.54, 1.807) is 29.2 Å². The van der Waals surface area contributed by atoms with E-state index in [1.165, 1.54) is 18.2 Å². The molecule has 33 heavy (non-hydrogen) atoms. The molecule has 0 spiro atoms. The molecule has 5 aromatic rings. The Kier molecular flexibility index (Phi) is 5.38. The number of aromatic nitrogens is 4. The molecule has 0 radical (unpaired) electrons. The number of aryl methyl sites for hydroxylation is 3. The zero-order chi connectivity index (χ0) is 22.9. The smallest absolute Gasteiger partial charge is 0.159 e. The second-order valence-corrected chi connectivity index (χ2v) is 7.91. The second-order valence-electron chi connectivity index (χ2n) is 7.91. The van der Waals surface area contributed by atoms with Crippen LogP contribution in [-0.4, -0.2) is 19.4 Å². The van der Waals surface area contributed by atoms with Crippen molar-refractivity contribution in [1.29, 1.82) is 0 Å². The van der Waals surface area contributed by atoms with Gasteiger partial charge in [0.25, 0.3) is 0 Å². The highest BCUT2D eigenvalue weighted by molar-refractivity contribution is 5.65. The van der Waals surface area contributed by atoms with Crippen molar-refractivity contribution in [3.63, 3.8) is 0 Å². The molecule has 3 aromatic heterocycles. The summed E-state index contributed by atoms with van der Waals surface area (Å²) in [5.74, 6) is -1.68. The Balaban J connectivity index is 1.40. The Morgan fingerprint density at radius 3 is 2.39 bits per heavy atom. The lowest BCUT2D eigenvalue weighted by Crippen LogP contribution is -2.01. The molecular formula is C26H19F3N4. The molecule has 0 bridgehead atoms. The number of hydrogen-bond donors (Lipinski definition) is 0. The maximum Gasteiger partial charge on any atom is 0.159 e. The van der Waals surface area contributed by atoms with Crippen LogP contribution in [-0.2, 0) is 12.8 Å². The van der Waals surface area contributed by atoms with Crippen LogP contribution in [0.5, 0.6) is 0 Å². The van der Waals surface area contributed by atoms with Crippen LogP contribution in [0.15, 0.2) is 73.3 Å². The van der Waals surface area contributed by atoms with E-state index < -0.39 is 11.6 Å². The Morgan fingerprint density at radius 1 is 0.818 bits per heavy atom. The van der Waals surface area contributed by atoms with Crippen molar-refractivity contribution < 1.29 is 13.2 Å². The summed E-state index contributed by atoms with van der Waals surface area (Å²) in [4.78, 5) is 13.2. The van der Waals surface area contributed by atoms with Crippen molar-refractivity contribution in [2.45, 2.75) is 19.8 Å². The predicted molar refractivity (Wildman–Crippen MR) is 120 cm³/mol. The Hall–Kier alpha value is -4.00. The summed E-state index contributed by atoms with van der Waals surface area (Å²) in [6, 6.07) is 12.4. The monoisotopic (exact) mass is 444 g/mol. The average molecular weight is 444 g/mol. The maximum absolute atomic E-state index is 14.7. The molecule has 5 rings (SSSR count). The molecule has 0 N–H and O–H groups in total. The highest BCUT2D eigenvalue weighted by Gasteiger charge is 2.13. The highest BCUT2D eigenvalue weighted by atomic mass is 19.1. The van der Waals surface area contributed by atoms with E-state index in [2.05, 4.69) is 15.0 Å². The third kappa shape index (κ3) is 4.22. The quantitative estimate of drug-likeness (QED) is 0.336. The van der Waals surface area contributed by atoms with Crippen LogP contribution in [0, 0.1) is 24.4 Å². The first-order chi connectivity index (χ1) is 16.0. The Labute approximate surface area is 188 Å². The number of hydrogen-bond acceptors (Lipinski definition) is 3. The highest BCUT2D eigenvalue weighted by Crippen LogP contribution is 2.25. The van der Waals surface area contributed by atoms with E-state index in [-0.39, 0.29) is 5.82 Å². The van der Waals surface area contributed by atoms with E-state index in [4.69, 9.17) is 0 Å². The minimum Gasteiger partial charge on any atom is -0.297 e. The first-order valence-electron chi connectivity index (χ1n) is 10.5. The van der Waals surface area contributed by atoms with Crippen LogP contribution in [0.4, 0.5) is 13.2 Å². The predicted octanol–water partition coefficient (Wildman–Crippen LogP) is 5.97. The standard InChI is InChI=1S/C26H19F3N4/c1-16-3-2-4-18(9-16)25-22(29)10-17(14-31-25)5-6-23-26-32-15-24(33(26)8-7-30-23)19-11-20(27)13-21(28)12-19/h2-4,7-15H,5-6H2,1H3. The molecule has 0 unspecified atom stereocenters. The molecule has 0 aliphatic heterocycles. The number of imidazole rings is 1. The number of benzene rings is 2. The van der Waals surface area contributed by atoms with Gasteiger partial charge in [-0.3, -0.25) is 14.4 Å². The molecule has 7 heteroatoms. The van der Waals surface area contributed by atoms with E-state index >= 15 is 0 Å². The topological polar surface area (TPSA) is 43.1 Å². The van der Waals surface area contributed by atoms with Gasteiger partial charge in [-0.1, -0.05) is 23.8 Å². The van der Waals surface area contributed by atoms with E-state index in [1.807, 2.05) is 31.2 Å². The van der Waals surface area contributed by atoms with Crippen LogP contribution in [0.2, 0.25) is 0 Å². The van der Waals surface area contributed by atoms with Gasteiger partial charge in [0.05, 0.1) is 17.6 Å². The SMILES string of the molecule is Cc1cccc(-c2ncc(CCc3nccn4c(-c5cc(F)cc(F)c5)cnc34)cc2F)c1. The van der Waals surface area contributed by atoms with Crippen LogP contribution < -0.4 is 0 Å². The molecule has 4 nitrogen and oxygen atoms in total. The lowest BCUT2D eigenvalue weighted by Gasteiger charge is -2.08. The van der Waals surface area contributed by atoms with Gasteiger partial charge in [-0.25, -0.2) is 18.2 Å². The van der Waals surface area contributed by atoms with E-state index in [0.29, 0.717) is 41.1 Å². The molecule has 0 aliphatic carbocycles. The molecule has 0 aliphatic rings. The fourth-order valence-corrected chi connectivity index (χ4v) is 3.95. The van der Waals surface area contributed by atoms with Crippen molar-refractivity contribution in [2.75, 3.05) is 0 Å². The van der Waals surface area contributed by atoms with Gasteiger partial charge in [0, 0.05) is 35.8 Å². The van der Waals surface area contributed by atoms with Crippen molar-refractivity contribution in [3.05, 3.63) is 108 Å². The minimum absolute atomic E-state index is 0.322. The number of halogens is 3. The summed E-state index contributed by atoms with van der Waals surface area (Å²) < 4.78 is 43.8. The fraction of sp³-hybridized carbons (Fsp3) is 0.115. The van der Waals surface area contributed by atoms with Crippen molar-refractivity contribution in [3.8, 4) is 22.5 Å². The van der Waals surface area contributed by atoms with Crippen molar-refractivity contribution >= 4 is 5.65 Å². The molecular weight excluding hydrogens is 425 g/mol. The van der Waals surface area contributed by atoms with E-state index in [9.17, 15) is 13.2 Å². The van der Waals surface area contributed by atoms with Gasteiger partial charge in [-0.15, -0.1) is 0 Å². The molecule has 3 heterocycles. The van der Waals surface area contributed by atoms with Crippen molar-refractivity contribution in [1.82, 2.24) is 19.4 Å². The van der Waals surface area contributed by atoms with Gasteiger partial charge < -0.3 is 0 Å². The van der Waals surface area contributed by atoms with Gasteiger partial charge in [0.2, 0.25) is 0 Å². The van der Waals surface area contributed by atoms with Crippen LogP contribution in [0.3, 0.4) is 0 Å². The van der Waals surface area contributed by atoms with Gasteiger partial charge >= 0.3 is 0 Å². The zero-order valence-corrected chi connectivity index (χ0v) is 17.8. The van der Waals surface area contributed by atoms with Crippen LogP contribution >= 0.6 is 0 Å². The van der Waals surface area contributed by atoms with Crippen molar-refractivity contribution in [2.24, 2.45) is 0 Å². The summed E-state index contributed by atoms with van der Waals surface area (Å²) in [5, 5.41) is 0. The molecule has 0 atom stereocenters. The Bertz CT molecular complexity index is 1460. The van der Waals surface area contributed by atoms with Crippen LogP contribution in [0.25, 0.3) is 28.2 Å². The molecule has 0 amide bonds. The van der Waals surface area contributed by atoms with Crippen LogP contribution in [0.1, 0.15) is 16.8 Å². The number of nitrogens with zero attached hydrogens (tertiary/aromatic N) is 4. The lowest BCUT2D eigenvalue weighted by atomic mass is 10.1. The Morgan fingerprint density at radius 2 is 1.64 bits per heavy atom. The summed E-state index contributed by atoms with van der Waals surface area (Å²) >= 11 is 0. The second kappa shape index (κ2) is 8.50. The van der Waals surface area contributed by atoms with Gasteiger partial charge in [-0.05, 0) is 49.6 Å². The number of pyridine rings is 1. The minimum atomic E-state index is -0.655. The molecule has 2 aromatic carbocycles. The molecule has 0 fully saturated rings. The normalized spacial score (nSPS) is 11.3. The van der Waals surface area contributed by atoms with E-state index in [0.717, 1.165) is 22.8 Å². The average Bonchev–Trinajstić information content (AvgIpc) is 3.22. The number of rotatable bonds is 5. The molecule has 164 valence electrons. The summed E-state index contributed by atoms with van der Waals surface area (Å²) in [6.07, 6.45) is 7.56. The summed E-state index contributed by atoms with van der Waals surface area (Å²) in [6.45, 7) is 1.95. The molecule has 0 saturated heterocycles. The third-order valence-electron chi connectivity index (χ3n) is 5.50. The van der Waals surface area contributed by atoms with Gasteiger partial charge in [0.15, 0.2) is 5.65 Å². The first kappa shape index (κ1) is 20.9. The first-order valence-corrected chi connectivity index (χ1v) is 10.5. The van der Waals surface area contributed by atoms with Gasteiger partial charge in [0.1, 0.15) is 23.1 Å². The number of fused-ring (bicyclic) bond motifs is 1. The van der Waals surface area contributed by atoms with Gasteiger partial charge in [-0.2, -0.15) is 0 Å². The summed E-state index contributed by atoms with van der Waals surface area (Å²) in [5.41, 5.74) is 5.07. The fourth-order valence-electron chi connectivity index (χ4n) is 3.95.